The molecular formula is C15H18BrN3O2. The molecule has 0 unspecified atom stereocenters. The van der Waals surface area contributed by atoms with Crippen LogP contribution < -0.4 is 5.32 Å². The number of hydrogen-bond acceptors (Lipinski definition) is 4. The number of hydrogen-bond donors (Lipinski definition) is 1. The third kappa shape index (κ3) is 3.71. The quantitative estimate of drug-likeness (QED) is 0.841. The summed E-state index contributed by atoms with van der Waals surface area (Å²) < 4.78 is 7.45. The van der Waals surface area contributed by atoms with Crippen molar-refractivity contribution < 1.29 is 9.53 Å². The van der Waals surface area contributed by atoms with Gasteiger partial charge in [-0.05, 0) is 24.6 Å². The largest absolute Gasteiger partial charge is 0.465 e. The SMILES string of the molecule is COC(=O)c1ccc(CNCc2cnn(C)c2C)c(Br)c1. The number of carbonyl (C=O) groups is 1. The van der Waals surface area contributed by atoms with Crippen LogP contribution in [-0.2, 0) is 24.9 Å². The molecule has 1 N–H and O–H groups in total. The summed E-state index contributed by atoms with van der Waals surface area (Å²) >= 11 is 3.49. The van der Waals surface area contributed by atoms with Gasteiger partial charge >= 0.3 is 5.97 Å². The zero-order valence-corrected chi connectivity index (χ0v) is 13.9. The Kier molecular flexibility index (Phi) is 5.14. The zero-order chi connectivity index (χ0) is 15.4. The van der Waals surface area contributed by atoms with Crippen LogP contribution in [0.4, 0.5) is 0 Å². The van der Waals surface area contributed by atoms with Crippen LogP contribution in [0, 0.1) is 6.92 Å². The first-order valence-electron chi connectivity index (χ1n) is 6.58. The van der Waals surface area contributed by atoms with E-state index < -0.39 is 0 Å². The zero-order valence-electron chi connectivity index (χ0n) is 12.3. The molecule has 1 aromatic carbocycles. The van der Waals surface area contributed by atoms with Crippen LogP contribution >= 0.6 is 15.9 Å². The first kappa shape index (κ1) is 15.7. The average molecular weight is 352 g/mol. The average Bonchev–Trinajstić information content (AvgIpc) is 2.80. The number of ether oxygens (including phenoxy) is 1. The monoisotopic (exact) mass is 351 g/mol. The fourth-order valence-electron chi connectivity index (χ4n) is 1.99. The van der Waals surface area contributed by atoms with Crippen molar-refractivity contribution >= 4 is 21.9 Å². The first-order valence-corrected chi connectivity index (χ1v) is 7.37. The highest BCUT2D eigenvalue weighted by Crippen LogP contribution is 2.19. The van der Waals surface area contributed by atoms with E-state index in [1.54, 1.807) is 12.1 Å². The smallest absolute Gasteiger partial charge is 0.337 e. The van der Waals surface area contributed by atoms with Gasteiger partial charge in [-0.25, -0.2) is 4.79 Å². The molecule has 2 aromatic rings. The molecule has 5 nitrogen and oxygen atoms in total. The molecule has 0 fully saturated rings. The number of nitrogens with zero attached hydrogens (tertiary/aromatic N) is 2. The summed E-state index contributed by atoms with van der Waals surface area (Å²) in [4.78, 5) is 11.4. The van der Waals surface area contributed by atoms with E-state index in [2.05, 4.69) is 26.3 Å². The van der Waals surface area contributed by atoms with Gasteiger partial charge < -0.3 is 10.1 Å². The first-order chi connectivity index (χ1) is 10.0. The van der Waals surface area contributed by atoms with Gasteiger partial charge in [0.15, 0.2) is 0 Å². The Bertz CT molecular complexity index is 652. The van der Waals surface area contributed by atoms with Gasteiger partial charge in [-0.3, -0.25) is 4.68 Å². The maximum atomic E-state index is 11.4. The minimum absolute atomic E-state index is 0.332. The van der Waals surface area contributed by atoms with Gasteiger partial charge in [0.25, 0.3) is 0 Å². The van der Waals surface area contributed by atoms with Crippen LogP contribution in [0.1, 0.15) is 27.2 Å². The van der Waals surface area contributed by atoms with Crippen LogP contribution in [0.5, 0.6) is 0 Å². The van der Waals surface area contributed by atoms with Gasteiger partial charge in [0.05, 0.1) is 18.9 Å². The summed E-state index contributed by atoms with van der Waals surface area (Å²) in [6.07, 6.45) is 1.87. The number of nitrogens with one attached hydrogen (secondary N) is 1. The Morgan fingerprint density at radius 1 is 1.38 bits per heavy atom. The highest BCUT2D eigenvalue weighted by atomic mass is 79.9. The lowest BCUT2D eigenvalue weighted by Crippen LogP contribution is -2.14. The maximum Gasteiger partial charge on any atom is 0.337 e. The molecule has 2 rings (SSSR count). The summed E-state index contributed by atoms with van der Waals surface area (Å²) in [6.45, 7) is 3.51. The van der Waals surface area contributed by atoms with E-state index in [-0.39, 0.29) is 5.97 Å². The summed E-state index contributed by atoms with van der Waals surface area (Å²) in [5.41, 5.74) is 3.96. The highest BCUT2D eigenvalue weighted by molar-refractivity contribution is 9.10. The Morgan fingerprint density at radius 2 is 2.10 bits per heavy atom. The minimum Gasteiger partial charge on any atom is -0.465 e. The van der Waals surface area contributed by atoms with Crippen LogP contribution in [0.15, 0.2) is 28.9 Å². The van der Waals surface area contributed by atoms with Crippen molar-refractivity contribution in [3.05, 3.63) is 51.3 Å². The number of aromatic nitrogens is 2. The van der Waals surface area contributed by atoms with Crippen molar-refractivity contribution in [2.75, 3.05) is 7.11 Å². The molecule has 0 aliphatic heterocycles. The second-order valence-electron chi connectivity index (χ2n) is 4.78. The molecular weight excluding hydrogens is 334 g/mol. The van der Waals surface area contributed by atoms with E-state index in [1.165, 1.54) is 12.7 Å². The minimum atomic E-state index is -0.332. The highest BCUT2D eigenvalue weighted by Gasteiger charge is 2.09. The van der Waals surface area contributed by atoms with Crippen molar-refractivity contribution in [3.8, 4) is 0 Å². The van der Waals surface area contributed by atoms with Crippen molar-refractivity contribution in [2.45, 2.75) is 20.0 Å². The molecule has 0 aliphatic carbocycles. The van der Waals surface area contributed by atoms with Crippen molar-refractivity contribution in [2.24, 2.45) is 7.05 Å². The molecule has 1 aromatic heterocycles. The van der Waals surface area contributed by atoms with Crippen LogP contribution in [0.3, 0.4) is 0 Å². The Morgan fingerprint density at radius 3 is 2.67 bits per heavy atom. The van der Waals surface area contributed by atoms with Crippen molar-refractivity contribution in [3.63, 3.8) is 0 Å². The lowest BCUT2D eigenvalue weighted by molar-refractivity contribution is 0.0600. The molecule has 0 bridgehead atoms. The number of methoxy groups -OCH3 is 1. The fourth-order valence-corrected chi connectivity index (χ4v) is 2.50. The van der Waals surface area contributed by atoms with Crippen molar-refractivity contribution in [1.82, 2.24) is 15.1 Å². The molecule has 1 heterocycles. The predicted molar refractivity (Wildman–Crippen MR) is 84.0 cm³/mol. The van der Waals surface area contributed by atoms with Gasteiger partial charge in [-0.1, -0.05) is 22.0 Å². The Labute approximate surface area is 132 Å². The molecule has 0 saturated heterocycles. The van der Waals surface area contributed by atoms with E-state index in [0.29, 0.717) is 12.1 Å². The maximum absolute atomic E-state index is 11.4. The van der Waals surface area contributed by atoms with Gasteiger partial charge in [0.1, 0.15) is 0 Å². The van der Waals surface area contributed by atoms with Gasteiger partial charge in [0, 0.05) is 35.9 Å². The molecule has 112 valence electrons. The fraction of sp³-hybridized carbons (Fsp3) is 0.333. The van der Waals surface area contributed by atoms with E-state index in [9.17, 15) is 4.79 Å². The molecule has 0 spiro atoms. The van der Waals surface area contributed by atoms with E-state index in [4.69, 9.17) is 4.74 Å². The van der Waals surface area contributed by atoms with E-state index in [1.807, 2.05) is 30.9 Å². The number of rotatable bonds is 5. The van der Waals surface area contributed by atoms with E-state index >= 15 is 0 Å². The van der Waals surface area contributed by atoms with Crippen LogP contribution in [0.2, 0.25) is 0 Å². The third-order valence-electron chi connectivity index (χ3n) is 3.44. The number of halogens is 1. The lowest BCUT2D eigenvalue weighted by atomic mass is 10.1. The summed E-state index contributed by atoms with van der Waals surface area (Å²) in [5.74, 6) is -0.332. The number of aryl methyl sites for hydroxylation is 1. The standard InChI is InChI=1S/C15H18BrN3O2/c1-10-13(9-18-19(10)2)8-17-7-12-5-4-11(6-14(12)16)15(20)21-3/h4-6,9,17H,7-8H2,1-3H3. The second kappa shape index (κ2) is 6.87. The number of benzene rings is 1. The third-order valence-corrected chi connectivity index (χ3v) is 4.18. The molecule has 0 atom stereocenters. The summed E-state index contributed by atoms with van der Waals surface area (Å²) in [5, 5.41) is 7.59. The molecule has 0 aliphatic rings. The molecule has 6 heteroatoms. The number of esters is 1. The number of carbonyl (C=O) groups excluding carboxylic acids is 1. The Hall–Kier alpha value is -1.66. The van der Waals surface area contributed by atoms with Crippen LogP contribution in [-0.4, -0.2) is 22.9 Å². The second-order valence-corrected chi connectivity index (χ2v) is 5.63. The molecule has 0 saturated carbocycles. The Balaban J connectivity index is 1.97. The molecule has 0 amide bonds. The van der Waals surface area contributed by atoms with Crippen molar-refractivity contribution in [1.29, 1.82) is 0 Å². The lowest BCUT2D eigenvalue weighted by Gasteiger charge is -2.08. The van der Waals surface area contributed by atoms with Gasteiger partial charge in [-0.15, -0.1) is 0 Å². The summed E-state index contributed by atoms with van der Waals surface area (Å²) in [6, 6.07) is 5.46. The van der Waals surface area contributed by atoms with E-state index in [0.717, 1.165) is 22.3 Å². The predicted octanol–water partition coefficient (Wildman–Crippen LogP) is 2.57. The topological polar surface area (TPSA) is 56.1 Å². The summed E-state index contributed by atoms with van der Waals surface area (Å²) in [7, 11) is 3.31. The van der Waals surface area contributed by atoms with Crippen LogP contribution in [0.25, 0.3) is 0 Å². The van der Waals surface area contributed by atoms with Gasteiger partial charge in [-0.2, -0.15) is 5.10 Å². The van der Waals surface area contributed by atoms with Gasteiger partial charge in [0.2, 0.25) is 0 Å². The normalized spacial score (nSPS) is 10.7. The molecule has 0 radical (unpaired) electrons. The molecule has 21 heavy (non-hydrogen) atoms.